The van der Waals surface area contributed by atoms with Gasteiger partial charge in [-0.05, 0) is 46.3 Å². The molecule has 2 aromatic rings. The van der Waals surface area contributed by atoms with Crippen LogP contribution in [-0.2, 0) is 22.3 Å². The first-order chi connectivity index (χ1) is 9.95. The molecular formula is C13H13BrClNO3S2. The fraction of sp³-hybridized carbons (Fsp3) is 0.385. The van der Waals surface area contributed by atoms with Crippen molar-refractivity contribution in [2.75, 3.05) is 6.54 Å². The molecule has 0 saturated heterocycles. The van der Waals surface area contributed by atoms with E-state index in [1.807, 2.05) is 18.4 Å². The second-order valence-electron chi connectivity index (χ2n) is 4.83. The molecule has 0 aliphatic carbocycles. The number of halogens is 2. The van der Waals surface area contributed by atoms with Crippen LogP contribution in [0.4, 0.5) is 0 Å². The molecule has 3 rings (SSSR count). The molecule has 0 fully saturated rings. The quantitative estimate of drug-likeness (QED) is 0.714. The minimum Gasteiger partial charge on any atom is -0.452 e. The second kappa shape index (κ2) is 5.70. The van der Waals surface area contributed by atoms with Gasteiger partial charge in [0, 0.05) is 23.5 Å². The molecule has 4 nitrogen and oxygen atoms in total. The summed E-state index contributed by atoms with van der Waals surface area (Å²) in [6.07, 6.45) is 0.744. The smallest absolute Gasteiger partial charge is 0.248 e. The van der Waals surface area contributed by atoms with Crippen LogP contribution >= 0.6 is 38.9 Å². The number of hydrogen-bond acceptors (Lipinski definition) is 4. The van der Waals surface area contributed by atoms with Gasteiger partial charge in [-0.2, -0.15) is 4.31 Å². The summed E-state index contributed by atoms with van der Waals surface area (Å²) in [5.41, 5.74) is 1.09. The predicted molar refractivity (Wildman–Crippen MR) is 86.3 cm³/mol. The minimum atomic E-state index is -3.61. The average Bonchev–Trinajstić information content (AvgIpc) is 3.05. The maximum absolute atomic E-state index is 12.9. The van der Waals surface area contributed by atoms with Gasteiger partial charge in [-0.15, -0.1) is 22.9 Å². The van der Waals surface area contributed by atoms with Crippen LogP contribution in [0.1, 0.15) is 29.2 Å². The first-order valence-electron chi connectivity index (χ1n) is 6.37. The van der Waals surface area contributed by atoms with E-state index in [9.17, 15) is 8.42 Å². The maximum atomic E-state index is 12.9. The molecule has 1 unspecified atom stereocenters. The molecule has 0 aromatic carbocycles. The summed E-state index contributed by atoms with van der Waals surface area (Å²) in [4.78, 5) is 1.41. The number of furan rings is 1. The highest BCUT2D eigenvalue weighted by atomic mass is 79.9. The van der Waals surface area contributed by atoms with E-state index in [2.05, 4.69) is 15.9 Å². The van der Waals surface area contributed by atoms with Gasteiger partial charge in [-0.25, -0.2) is 8.42 Å². The highest BCUT2D eigenvalue weighted by Crippen LogP contribution is 2.38. The molecule has 3 heterocycles. The Morgan fingerprint density at radius 1 is 1.57 bits per heavy atom. The normalized spacial score (nSPS) is 19.7. The highest BCUT2D eigenvalue weighted by molar-refractivity contribution is 9.10. The maximum Gasteiger partial charge on any atom is 0.248 e. The molecule has 1 atom stereocenters. The highest BCUT2D eigenvalue weighted by Gasteiger charge is 2.36. The molecule has 1 aliphatic rings. The third kappa shape index (κ3) is 2.59. The Kier molecular flexibility index (Phi) is 4.22. The number of nitrogens with zero attached hydrogens (tertiary/aromatic N) is 1. The lowest BCUT2D eigenvalue weighted by molar-refractivity contribution is 0.328. The van der Waals surface area contributed by atoms with Crippen LogP contribution in [0.25, 0.3) is 0 Å². The van der Waals surface area contributed by atoms with E-state index in [4.69, 9.17) is 16.0 Å². The van der Waals surface area contributed by atoms with Gasteiger partial charge in [-0.3, -0.25) is 0 Å². The van der Waals surface area contributed by atoms with Gasteiger partial charge < -0.3 is 4.42 Å². The van der Waals surface area contributed by atoms with Gasteiger partial charge in [0.15, 0.2) is 4.67 Å². The molecule has 2 aromatic heterocycles. The van der Waals surface area contributed by atoms with Crippen LogP contribution in [0.15, 0.2) is 31.5 Å². The summed E-state index contributed by atoms with van der Waals surface area (Å²) in [6.45, 7) is 2.39. The Bertz CT molecular complexity index is 768. The van der Waals surface area contributed by atoms with Crippen LogP contribution in [0.5, 0.6) is 0 Å². The molecule has 8 heteroatoms. The van der Waals surface area contributed by atoms with E-state index in [-0.39, 0.29) is 21.5 Å². The molecule has 0 bridgehead atoms. The number of rotatable bonds is 3. The summed E-state index contributed by atoms with van der Waals surface area (Å²) in [5.74, 6) is 0.571. The van der Waals surface area contributed by atoms with E-state index in [1.54, 1.807) is 11.3 Å². The standard InChI is InChI=1S/C13H13BrClNO3S2/c1-8-10-3-5-20-11(10)2-4-16(8)21(17,18)12-6-9(7-15)19-13(12)14/h3,5-6,8H,2,4,7H2,1H3. The molecule has 21 heavy (non-hydrogen) atoms. The van der Waals surface area contributed by atoms with Crippen molar-refractivity contribution in [1.82, 2.24) is 4.31 Å². The molecule has 114 valence electrons. The van der Waals surface area contributed by atoms with Crippen molar-refractivity contribution in [2.24, 2.45) is 0 Å². The van der Waals surface area contributed by atoms with Crippen molar-refractivity contribution in [3.63, 3.8) is 0 Å². The lowest BCUT2D eigenvalue weighted by Crippen LogP contribution is -2.38. The SMILES string of the molecule is CC1c2ccsc2CCN1S(=O)(=O)c1cc(CCl)oc1Br. The molecule has 0 amide bonds. The molecule has 0 N–H and O–H groups in total. The summed E-state index contributed by atoms with van der Waals surface area (Å²) in [5, 5.41) is 2.01. The largest absolute Gasteiger partial charge is 0.452 e. The number of hydrogen-bond donors (Lipinski definition) is 0. The Balaban J connectivity index is 2.01. The van der Waals surface area contributed by atoms with Gasteiger partial charge in [0.25, 0.3) is 0 Å². The van der Waals surface area contributed by atoms with E-state index >= 15 is 0 Å². The third-order valence-electron chi connectivity index (χ3n) is 3.65. The zero-order chi connectivity index (χ0) is 15.2. The Hall–Kier alpha value is -0.340. The molecule has 0 radical (unpaired) electrons. The van der Waals surface area contributed by atoms with Gasteiger partial charge in [-0.1, -0.05) is 0 Å². The van der Waals surface area contributed by atoms with Crippen LogP contribution < -0.4 is 0 Å². The van der Waals surface area contributed by atoms with Crippen LogP contribution in [0.3, 0.4) is 0 Å². The monoisotopic (exact) mass is 409 g/mol. The first-order valence-corrected chi connectivity index (χ1v) is 10.0. The predicted octanol–water partition coefficient (Wildman–Crippen LogP) is 4.15. The van der Waals surface area contributed by atoms with Crippen molar-refractivity contribution in [2.45, 2.75) is 30.2 Å². The Labute approximate surface area is 140 Å². The summed E-state index contributed by atoms with van der Waals surface area (Å²) in [6, 6.07) is 3.31. The van der Waals surface area contributed by atoms with Crippen LogP contribution in [0.2, 0.25) is 0 Å². The van der Waals surface area contributed by atoms with Crippen LogP contribution in [0, 0.1) is 0 Å². The van der Waals surface area contributed by atoms with E-state index in [0.717, 1.165) is 12.0 Å². The van der Waals surface area contributed by atoms with Crippen molar-refractivity contribution in [3.05, 3.63) is 38.4 Å². The number of fused-ring (bicyclic) bond motifs is 1. The van der Waals surface area contributed by atoms with Gasteiger partial charge in [0.2, 0.25) is 10.0 Å². The van der Waals surface area contributed by atoms with Crippen LogP contribution in [-0.4, -0.2) is 19.3 Å². The minimum absolute atomic E-state index is 0.137. The van der Waals surface area contributed by atoms with E-state index < -0.39 is 10.0 Å². The molecule has 1 aliphatic heterocycles. The van der Waals surface area contributed by atoms with Crippen molar-refractivity contribution >= 4 is 48.9 Å². The third-order valence-corrected chi connectivity index (χ3v) is 7.73. The molecule has 0 spiro atoms. The van der Waals surface area contributed by atoms with E-state index in [1.165, 1.54) is 15.2 Å². The summed E-state index contributed by atoms with van der Waals surface area (Å²) in [7, 11) is -3.61. The zero-order valence-electron chi connectivity index (χ0n) is 11.2. The number of thiophene rings is 1. The van der Waals surface area contributed by atoms with Crippen molar-refractivity contribution < 1.29 is 12.8 Å². The van der Waals surface area contributed by atoms with Gasteiger partial charge in [0.1, 0.15) is 10.7 Å². The van der Waals surface area contributed by atoms with E-state index in [0.29, 0.717) is 12.3 Å². The zero-order valence-corrected chi connectivity index (χ0v) is 15.2. The van der Waals surface area contributed by atoms with Gasteiger partial charge >= 0.3 is 0 Å². The van der Waals surface area contributed by atoms with Crippen molar-refractivity contribution in [1.29, 1.82) is 0 Å². The number of sulfonamides is 1. The lowest BCUT2D eigenvalue weighted by Gasteiger charge is -2.32. The molecule has 0 saturated carbocycles. The summed E-state index contributed by atoms with van der Waals surface area (Å²) < 4.78 is 32.8. The van der Waals surface area contributed by atoms with Gasteiger partial charge in [0.05, 0.1) is 5.88 Å². The fourth-order valence-electron chi connectivity index (χ4n) is 2.58. The van der Waals surface area contributed by atoms with Crippen molar-refractivity contribution in [3.8, 4) is 0 Å². The summed E-state index contributed by atoms with van der Waals surface area (Å²) >= 11 is 10.6. The Morgan fingerprint density at radius 2 is 2.33 bits per heavy atom. The second-order valence-corrected chi connectivity index (χ2v) is 8.67. The molecular weight excluding hydrogens is 398 g/mol. The first kappa shape index (κ1) is 15.6. The topological polar surface area (TPSA) is 50.5 Å². The average molecular weight is 411 g/mol. The Morgan fingerprint density at radius 3 is 3.00 bits per heavy atom. The lowest BCUT2D eigenvalue weighted by atomic mass is 10.0. The fourth-order valence-corrected chi connectivity index (χ4v) is 6.25. The number of alkyl halides is 1.